The Kier molecular flexibility index (Phi) is 15.5. The quantitative estimate of drug-likeness (QED) is 0.185. The molecule has 2 saturated heterocycles. The van der Waals surface area contributed by atoms with Crippen LogP contribution in [0.3, 0.4) is 0 Å². The van der Waals surface area contributed by atoms with Crippen molar-refractivity contribution in [3.8, 4) is 11.5 Å². The minimum atomic E-state index is -0.989. The summed E-state index contributed by atoms with van der Waals surface area (Å²) in [6, 6.07) is 7.16. The van der Waals surface area contributed by atoms with Gasteiger partial charge in [0.25, 0.3) is 23.6 Å². The van der Waals surface area contributed by atoms with Crippen molar-refractivity contribution in [3.63, 3.8) is 0 Å². The van der Waals surface area contributed by atoms with Crippen LogP contribution in [0.1, 0.15) is 95.3 Å². The number of carbonyl (C=O) groups excluding carboxylic acids is 8. The van der Waals surface area contributed by atoms with E-state index in [1.807, 2.05) is 6.92 Å². The summed E-state index contributed by atoms with van der Waals surface area (Å²) in [4.78, 5) is 98.8. The molecule has 0 spiro atoms. The summed E-state index contributed by atoms with van der Waals surface area (Å²) in [7, 11) is 0. The van der Waals surface area contributed by atoms with E-state index in [-0.39, 0.29) is 89.2 Å². The number of amides is 8. The molecular weight excluding hydrogens is 708 g/mol. The molecule has 8 amide bonds. The number of aliphatic hydroxyl groups excluding tert-OH is 1. The summed E-state index contributed by atoms with van der Waals surface area (Å²) in [6.45, 7) is 4.05. The molecular formula is C37H46N4O13. The van der Waals surface area contributed by atoms with Gasteiger partial charge in [0.2, 0.25) is 23.6 Å². The number of hydrogen-bond donors (Lipinski definition) is 3. The van der Waals surface area contributed by atoms with E-state index >= 15 is 0 Å². The lowest BCUT2D eigenvalue weighted by molar-refractivity contribution is -0.137. The van der Waals surface area contributed by atoms with Crippen molar-refractivity contribution < 1.29 is 62.4 Å². The van der Waals surface area contributed by atoms with Gasteiger partial charge in [-0.25, -0.2) is 0 Å². The van der Waals surface area contributed by atoms with E-state index in [4.69, 9.17) is 24.1 Å². The Labute approximate surface area is 312 Å². The van der Waals surface area contributed by atoms with Gasteiger partial charge < -0.3 is 24.1 Å². The third-order valence-corrected chi connectivity index (χ3v) is 8.40. The zero-order valence-electron chi connectivity index (χ0n) is 28.3. The molecule has 0 saturated carbocycles. The topological polar surface area (TPSA) is 224 Å². The van der Waals surface area contributed by atoms with E-state index in [2.05, 4.69) is 10.6 Å². The lowest BCUT2D eigenvalue weighted by atomic mass is 10.0. The first-order chi connectivity index (χ1) is 25.0. The predicted octanol–water partition coefficient (Wildman–Crippen LogP) is 1.64. The van der Waals surface area contributed by atoms with Gasteiger partial charge in [0, 0.05) is 19.4 Å². The number of hydrogen-bond acceptors (Lipinski definition) is 13. The third kappa shape index (κ3) is 9.52. The second-order valence-electron chi connectivity index (χ2n) is 12.0. The number of aliphatic hydroxyl groups is 1. The molecule has 2 atom stereocenters. The Bertz CT molecular complexity index is 1650. The Morgan fingerprint density at radius 3 is 1.39 bits per heavy atom. The van der Waals surface area contributed by atoms with Crippen LogP contribution in [-0.2, 0) is 28.7 Å². The van der Waals surface area contributed by atoms with Crippen molar-refractivity contribution in [1.29, 1.82) is 0 Å². The number of nitrogens with zero attached hydrogens (tertiary/aromatic N) is 2. The molecule has 3 N–H and O–H groups in total. The van der Waals surface area contributed by atoms with Gasteiger partial charge in [-0.05, 0) is 55.7 Å². The van der Waals surface area contributed by atoms with Crippen LogP contribution in [0, 0.1) is 0 Å². The maximum Gasteiger partial charge on any atom is 0.262 e. The van der Waals surface area contributed by atoms with Crippen LogP contribution in [0.25, 0.3) is 0 Å². The van der Waals surface area contributed by atoms with Gasteiger partial charge in [-0.15, -0.1) is 0 Å². The third-order valence-electron chi connectivity index (χ3n) is 8.40. The van der Waals surface area contributed by atoms with Crippen molar-refractivity contribution in [2.45, 2.75) is 66.0 Å². The number of carbonyl (C=O) groups is 8. The smallest absolute Gasteiger partial charge is 0.262 e. The molecule has 54 heavy (non-hydrogen) atoms. The number of nitrogens with one attached hydrogen (secondary N) is 2. The van der Waals surface area contributed by atoms with E-state index in [1.165, 1.54) is 24.3 Å². The number of fused-ring (bicyclic) bond motifs is 2. The van der Waals surface area contributed by atoms with Gasteiger partial charge in [-0.3, -0.25) is 58.8 Å². The Morgan fingerprint density at radius 2 is 1.00 bits per heavy atom. The normalized spacial score (nSPS) is 18.9. The molecule has 4 aliphatic rings. The second kappa shape index (κ2) is 19.5. The number of benzene rings is 2. The molecule has 2 aromatic carbocycles. The predicted molar refractivity (Wildman–Crippen MR) is 190 cm³/mol. The van der Waals surface area contributed by atoms with Crippen LogP contribution >= 0.6 is 0 Å². The highest BCUT2D eigenvalue weighted by Gasteiger charge is 2.46. The minimum Gasteiger partial charge on any atom is -0.491 e. The Hall–Kier alpha value is -5.52. The fourth-order valence-electron chi connectivity index (χ4n) is 5.93. The standard InChI is InChI=1S/C18H20N2O6.C17H18N2O7.2CH4/c1-2-7-25-8-9-26-11-3-4-12-13(10-11)18(24)20(17(12)23)14-5-6-15(21)19-16(14)22;20-5-6-25-7-8-26-10-1-2-11-12(9-10)17(24)19(16(11)23)13-3-4-14(21)18-15(13)22;;/h3-4,10,14H,2,5-9H2,1H3,(H,19,21,22);1-2,9,13,20H,3-8H2,(H,18,21,22);2*1H4. The van der Waals surface area contributed by atoms with E-state index in [1.54, 1.807) is 12.1 Å². The number of piperidine rings is 2. The highest BCUT2D eigenvalue weighted by molar-refractivity contribution is 6.24. The number of rotatable bonds is 14. The molecule has 0 radical (unpaired) electrons. The first-order valence-electron chi connectivity index (χ1n) is 16.8. The second-order valence-corrected chi connectivity index (χ2v) is 12.0. The first kappa shape index (κ1) is 42.9. The van der Waals surface area contributed by atoms with E-state index in [0.29, 0.717) is 31.3 Å². The molecule has 292 valence electrons. The van der Waals surface area contributed by atoms with E-state index < -0.39 is 59.3 Å². The highest BCUT2D eigenvalue weighted by atomic mass is 16.5. The fraction of sp³-hybridized carbons (Fsp3) is 0.459. The summed E-state index contributed by atoms with van der Waals surface area (Å²) < 4.78 is 21.4. The molecule has 2 unspecified atom stereocenters. The SMILES string of the molecule is C.C.CCCOCCOc1ccc2c(c1)C(=O)N(C1CCC(=O)NC1=O)C2=O.O=C1CCC(N2C(=O)c3ccc(OCCOCCO)cc3C2=O)C(=O)N1. The van der Waals surface area contributed by atoms with Crippen LogP contribution in [0.5, 0.6) is 11.5 Å². The number of ether oxygens (including phenoxy) is 4. The summed E-state index contributed by atoms with van der Waals surface area (Å²) in [5, 5.41) is 12.9. The van der Waals surface area contributed by atoms with Crippen LogP contribution < -0.4 is 20.1 Å². The van der Waals surface area contributed by atoms with Crippen molar-refractivity contribution in [2.75, 3.05) is 46.2 Å². The average molecular weight is 755 g/mol. The molecule has 2 aromatic rings. The zero-order chi connectivity index (χ0) is 37.4. The molecule has 0 bridgehead atoms. The maximum atomic E-state index is 12.7. The van der Waals surface area contributed by atoms with Crippen molar-refractivity contribution in [1.82, 2.24) is 20.4 Å². The lowest BCUT2D eigenvalue weighted by Crippen LogP contribution is -2.54. The van der Waals surface area contributed by atoms with Gasteiger partial charge in [-0.1, -0.05) is 21.8 Å². The average Bonchev–Trinajstić information content (AvgIpc) is 3.51. The van der Waals surface area contributed by atoms with Crippen molar-refractivity contribution >= 4 is 47.3 Å². The molecule has 0 aromatic heterocycles. The lowest BCUT2D eigenvalue weighted by Gasteiger charge is -2.27. The first-order valence-corrected chi connectivity index (χ1v) is 16.8. The molecule has 17 heteroatoms. The van der Waals surface area contributed by atoms with Crippen LogP contribution in [0.2, 0.25) is 0 Å². The van der Waals surface area contributed by atoms with E-state index in [9.17, 15) is 38.4 Å². The summed E-state index contributed by atoms with van der Waals surface area (Å²) in [5.41, 5.74) is 0.790. The molecule has 4 aliphatic heterocycles. The summed E-state index contributed by atoms with van der Waals surface area (Å²) in [6.07, 6.45) is 1.34. The van der Waals surface area contributed by atoms with Crippen LogP contribution in [0.4, 0.5) is 0 Å². The molecule has 4 heterocycles. The van der Waals surface area contributed by atoms with Crippen molar-refractivity contribution in [2.24, 2.45) is 0 Å². The van der Waals surface area contributed by atoms with Gasteiger partial charge in [0.15, 0.2) is 0 Å². The van der Waals surface area contributed by atoms with Gasteiger partial charge >= 0.3 is 0 Å². The molecule has 6 rings (SSSR count). The van der Waals surface area contributed by atoms with Gasteiger partial charge in [0.1, 0.15) is 36.8 Å². The minimum absolute atomic E-state index is 0. The van der Waals surface area contributed by atoms with E-state index in [0.717, 1.165) is 16.2 Å². The molecule has 2 fully saturated rings. The monoisotopic (exact) mass is 754 g/mol. The Morgan fingerprint density at radius 1 is 0.593 bits per heavy atom. The molecule has 0 aliphatic carbocycles. The van der Waals surface area contributed by atoms with Crippen LogP contribution in [-0.4, -0.2) is 120 Å². The maximum absolute atomic E-state index is 12.7. The Balaban J connectivity index is 0.000000280. The summed E-state index contributed by atoms with van der Waals surface area (Å²) in [5.74, 6) is -3.46. The largest absolute Gasteiger partial charge is 0.491 e. The fourth-order valence-corrected chi connectivity index (χ4v) is 5.93. The number of imide groups is 4. The van der Waals surface area contributed by atoms with Gasteiger partial charge in [-0.2, -0.15) is 0 Å². The highest BCUT2D eigenvalue weighted by Crippen LogP contribution is 2.31. The van der Waals surface area contributed by atoms with Crippen molar-refractivity contribution in [3.05, 3.63) is 58.7 Å². The zero-order valence-corrected chi connectivity index (χ0v) is 28.3. The summed E-state index contributed by atoms with van der Waals surface area (Å²) >= 11 is 0. The molecule has 17 nitrogen and oxygen atoms in total. The van der Waals surface area contributed by atoms with Gasteiger partial charge in [0.05, 0.1) is 48.7 Å². The van der Waals surface area contributed by atoms with Crippen LogP contribution in [0.15, 0.2) is 36.4 Å².